The maximum Gasteiger partial charge on any atom is 0.245 e. The van der Waals surface area contributed by atoms with E-state index in [1.54, 1.807) is 119 Å². The number of aromatic nitrogens is 1. The summed E-state index contributed by atoms with van der Waals surface area (Å²) >= 11 is 0. The zero-order valence-corrected chi connectivity index (χ0v) is 53.8. The number of amides is 12. The summed E-state index contributed by atoms with van der Waals surface area (Å²) in [6.45, 7) is 2.02. The van der Waals surface area contributed by atoms with Crippen molar-refractivity contribution >= 4 is 87.7 Å². The summed E-state index contributed by atoms with van der Waals surface area (Å²) in [7, 11) is 3.23. The first-order valence-electron chi connectivity index (χ1n) is 31.0. The van der Waals surface area contributed by atoms with E-state index in [1.165, 1.54) is 24.3 Å². The molecule has 5 rings (SSSR count). The second-order valence-corrected chi connectivity index (χ2v) is 23.1. The number of hydrogen-bond acceptors (Lipinski definition) is 16. The maximum atomic E-state index is 14.5. The van der Waals surface area contributed by atoms with Crippen LogP contribution in [0, 0.1) is 5.92 Å². The van der Waals surface area contributed by atoms with Crippen molar-refractivity contribution in [3.63, 3.8) is 0 Å². The summed E-state index contributed by atoms with van der Waals surface area (Å²) in [5.41, 5.74) is 25.8. The number of aliphatic hydroxyl groups is 1. The number of aliphatic hydroxyl groups excluding tert-OH is 1. The van der Waals surface area contributed by atoms with E-state index in [0.29, 0.717) is 52.1 Å². The molecule has 0 aliphatic rings. The Morgan fingerprint density at radius 1 is 0.510 bits per heavy atom. The number of phenolic OH excluding ortho intramolecular Hbond substituents is 1. The van der Waals surface area contributed by atoms with Crippen LogP contribution in [0.5, 0.6) is 5.75 Å². The van der Waals surface area contributed by atoms with E-state index in [2.05, 4.69) is 68.5 Å². The van der Waals surface area contributed by atoms with Gasteiger partial charge in [0.05, 0.1) is 32.0 Å². The molecule has 0 aliphatic carbocycles. The lowest BCUT2D eigenvalue weighted by Gasteiger charge is -2.27. The molecule has 0 aliphatic heterocycles. The highest BCUT2D eigenvalue weighted by Gasteiger charge is 2.36. The summed E-state index contributed by atoms with van der Waals surface area (Å²) < 4.78 is 0. The summed E-state index contributed by atoms with van der Waals surface area (Å²) in [4.78, 5) is 171. The first-order chi connectivity index (χ1) is 45.8. The topological polar surface area (TPSA) is 510 Å². The molecule has 5 aromatic rings. The molecule has 22 N–H and O–H groups in total. The monoisotopic (exact) mass is 1330 g/mol. The Morgan fingerprint density at radius 2 is 0.979 bits per heavy atom. The quantitative estimate of drug-likeness (QED) is 0.0103. The average Bonchev–Trinajstić information content (AvgIpc) is 1.67. The molecule has 9 atom stereocenters. The number of hydrogen-bond donors (Lipinski definition) is 18. The van der Waals surface area contributed by atoms with Crippen molar-refractivity contribution in [2.75, 3.05) is 33.8 Å². The summed E-state index contributed by atoms with van der Waals surface area (Å²) in [5.74, 6) is -11.5. The number of benzene rings is 4. The lowest BCUT2D eigenvalue weighted by atomic mass is 10.0. The van der Waals surface area contributed by atoms with Crippen molar-refractivity contribution in [2.24, 2.45) is 33.8 Å². The van der Waals surface area contributed by atoms with Crippen LogP contribution in [-0.2, 0) is 83.2 Å². The summed E-state index contributed by atoms with van der Waals surface area (Å²) in [6.07, 6.45) is -0.186. The number of aliphatic imine (C=N–C) groups is 1. The minimum absolute atomic E-state index is 0.0332. The molecule has 516 valence electrons. The maximum absolute atomic E-state index is 14.5. The number of primary amides is 3. The van der Waals surface area contributed by atoms with Gasteiger partial charge in [-0.15, -0.1) is 0 Å². The molecule has 0 unspecified atom stereocenters. The smallest absolute Gasteiger partial charge is 0.245 e. The Balaban J connectivity index is 1.31. The Bertz CT molecular complexity index is 3520. The van der Waals surface area contributed by atoms with Gasteiger partial charge in [0.1, 0.15) is 54.1 Å². The number of aromatic amines is 1. The normalized spacial score (nSPS) is 14.1. The summed E-state index contributed by atoms with van der Waals surface area (Å²) in [5, 5.41) is 49.3. The molecule has 0 saturated heterocycles. The van der Waals surface area contributed by atoms with Gasteiger partial charge in [-0.05, 0) is 72.1 Å². The Hall–Kier alpha value is -11.0. The van der Waals surface area contributed by atoms with Gasteiger partial charge in [-0.2, -0.15) is 0 Å². The molecule has 12 amide bonds. The SMILES string of the molecule is CN=C(NC)NCCC[C@H](NC(=O)[C@H](CC(C)C)NC(=O)CNC(=O)[C@H](Cc1ccccc1)NC(=O)[C@H](CO)NC(=O)[C@H](CC(N)=O)NC(=O)[C@H](Cc1c[nH]c2ccccc12)NC(=O)[C@H](CC(N)=O)NC(=O)[C@@H](N)Cc1ccc(O)cc1)C(=O)N[C@@H](Cc1ccccc1)C(N)=O. The number of aromatic hydroxyl groups is 1. The van der Waals surface area contributed by atoms with Gasteiger partial charge in [-0.1, -0.05) is 105 Å². The highest BCUT2D eigenvalue weighted by atomic mass is 16.3. The van der Waals surface area contributed by atoms with Gasteiger partial charge >= 0.3 is 0 Å². The lowest BCUT2D eigenvalue weighted by molar-refractivity contribution is -0.136. The minimum Gasteiger partial charge on any atom is -0.508 e. The molecule has 96 heavy (non-hydrogen) atoms. The van der Waals surface area contributed by atoms with Crippen molar-refractivity contribution < 1.29 is 67.7 Å². The van der Waals surface area contributed by atoms with Gasteiger partial charge < -0.3 is 96.6 Å². The molecule has 31 nitrogen and oxygen atoms in total. The number of phenols is 1. The van der Waals surface area contributed by atoms with Crippen LogP contribution in [0.3, 0.4) is 0 Å². The minimum atomic E-state index is -1.90. The molecule has 0 radical (unpaired) electrons. The van der Waals surface area contributed by atoms with Crippen molar-refractivity contribution in [3.05, 3.63) is 138 Å². The largest absolute Gasteiger partial charge is 0.508 e. The highest BCUT2D eigenvalue weighted by molar-refractivity contribution is 6.00. The number of nitrogens with one attached hydrogen (secondary N) is 12. The van der Waals surface area contributed by atoms with Crippen LogP contribution in [0.25, 0.3) is 10.9 Å². The fourth-order valence-corrected chi connectivity index (χ4v) is 10.1. The number of carbonyl (C=O) groups excluding carboxylic acids is 12. The van der Waals surface area contributed by atoms with E-state index in [0.717, 1.165) is 0 Å². The fraction of sp³-hybridized carbons (Fsp3) is 0.400. The van der Waals surface area contributed by atoms with Crippen molar-refractivity contribution in [1.82, 2.24) is 63.5 Å². The summed E-state index contributed by atoms with van der Waals surface area (Å²) in [6, 6.07) is 16.3. The van der Waals surface area contributed by atoms with E-state index in [-0.39, 0.29) is 50.2 Å². The van der Waals surface area contributed by atoms with Crippen LogP contribution >= 0.6 is 0 Å². The van der Waals surface area contributed by atoms with E-state index < -0.39 is 151 Å². The first-order valence-corrected chi connectivity index (χ1v) is 31.0. The van der Waals surface area contributed by atoms with Crippen LogP contribution in [0.15, 0.2) is 120 Å². The third-order valence-corrected chi connectivity index (χ3v) is 15.0. The van der Waals surface area contributed by atoms with Crippen molar-refractivity contribution in [3.8, 4) is 5.75 Å². The van der Waals surface area contributed by atoms with Crippen LogP contribution < -0.4 is 81.4 Å². The number of para-hydroxylation sites is 1. The molecule has 0 spiro atoms. The number of guanidine groups is 1. The van der Waals surface area contributed by atoms with Gasteiger partial charge in [0.2, 0.25) is 70.9 Å². The van der Waals surface area contributed by atoms with Crippen molar-refractivity contribution in [2.45, 2.75) is 126 Å². The molecule has 0 fully saturated rings. The Morgan fingerprint density at radius 3 is 1.53 bits per heavy atom. The first kappa shape index (κ1) is 75.8. The average molecular weight is 1330 g/mol. The van der Waals surface area contributed by atoms with Crippen LogP contribution in [-0.4, -0.2) is 180 Å². The van der Waals surface area contributed by atoms with Gasteiger partial charge in [-0.3, -0.25) is 62.5 Å². The van der Waals surface area contributed by atoms with Gasteiger partial charge in [0.15, 0.2) is 5.96 Å². The number of carbonyl (C=O) groups is 12. The predicted molar refractivity (Wildman–Crippen MR) is 354 cm³/mol. The van der Waals surface area contributed by atoms with E-state index in [1.807, 2.05) is 0 Å². The molecular weight excluding hydrogens is 1240 g/mol. The zero-order valence-electron chi connectivity index (χ0n) is 53.8. The Kier molecular flexibility index (Phi) is 30.2. The van der Waals surface area contributed by atoms with Gasteiger partial charge in [0, 0.05) is 57.0 Å². The zero-order chi connectivity index (χ0) is 70.4. The molecule has 0 bridgehead atoms. The van der Waals surface area contributed by atoms with Crippen molar-refractivity contribution in [1.29, 1.82) is 0 Å². The standard InChI is InChI=1S/C65H87N17O14/c1-36(2)26-47(60(92)76-45(20-13-25-72-65(70-3)71-4)59(91)77-46(56(69)88)28-37-14-7-5-8-15-37)75-55(87)34-74-58(90)48(29-38-16-9-6-10-17-38)79-64(96)52(35-83)82-63(95)51(32-54(68)86)81-61(93)49(30-40-33-73-44-19-12-11-18-42(40)44)80-62(94)50(31-53(67)85)78-57(89)43(66)27-39-21-23-41(84)24-22-39/h5-12,14-19,21-24,33,36,43,45-52,73,83-84H,13,20,25-32,34-35,66H2,1-4H3,(H2,67,85)(H2,68,86)(H2,69,88)(H,74,90)(H,75,87)(H,76,92)(H,77,91)(H,78,89)(H,79,96)(H,80,94)(H,81,93)(H,82,95)(H2,70,71,72)/t43-,45-,46-,47-,48-,49-,50-,51-,52-/m0/s1. The third-order valence-electron chi connectivity index (χ3n) is 15.0. The van der Waals surface area contributed by atoms with Gasteiger partial charge in [-0.25, -0.2) is 0 Å². The Labute approximate surface area is 554 Å². The number of H-pyrrole nitrogens is 1. The fourth-order valence-electron chi connectivity index (χ4n) is 10.1. The predicted octanol–water partition coefficient (Wildman–Crippen LogP) is -3.68. The molecular formula is C65H87N17O14. The third kappa shape index (κ3) is 25.2. The van der Waals surface area contributed by atoms with Crippen LogP contribution in [0.2, 0.25) is 0 Å². The molecule has 0 saturated carbocycles. The molecule has 31 heteroatoms. The van der Waals surface area contributed by atoms with Crippen LogP contribution in [0.1, 0.15) is 68.2 Å². The lowest BCUT2D eigenvalue weighted by Crippen LogP contribution is -2.61. The molecule has 1 aromatic heterocycles. The number of nitrogens with zero attached hydrogens (tertiary/aromatic N) is 1. The number of fused-ring (bicyclic) bond motifs is 1. The van der Waals surface area contributed by atoms with E-state index in [9.17, 15) is 67.7 Å². The highest BCUT2D eigenvalue weighted by Crippen LogP contribution is 2.20. The number of nitrogens with two attached hydrogens (primary N) is 4. The second kappa shape index (κ2) is 38.3. The molecule has 4 aromatic carbocycles. The molecule has 1 heterocycles. The van der Waals surface area contributed by atoms with E-state index >= 15 is 0 Å². The number of rotatable bonds is 38. The van der Waals surface area contributed by atoms with Crippen LogP contribution in [0.4, 0.5) is 0 Å². The van der Waals surface area contributed by atoms with E-state index in [4.69, 9.17) is 22.9 Å². The second-order valence-electron chi connectivity index (χ2n) is 23.1. The van der Waals surface area contributed by atoms with Gasteiger partial charge in [0.25, 0.3) is 0 Å².